The van der Waals surface area contributed by atoms with E-state index in [2.05, 4.69) is 44.2 Å². The summed E-state index contributed by atoms with van der Waals surface area (Å²) in [6.45, 7) is 7.32. The number of aryl methyl sites for hydroxylation is 1. The molecule has 2 aromatic rings. The van der Waals surface area contributed by atoms with E-state index in [9.17, 15) is 0 Å². The van der Waals surface area contributed by atoms with Gasteiger partial charge < -0.3 is 19.6 Å². The fourth-order valence-electron chi connectivity index (χ4n) is 2.35. The van der Waals surface area contributed by atoms with E-state index in [1.807, 2.05) is 12.1 Å². The Kier molecular flexibility index (Phi) is 7.86. The normalized spacial score (nSPS) is 11.7. The van der Waals surface area contributed by atoms with Crippen molar-refractivity contribution in [2.24, 2.45) is 4.99 Å². The van der Waals surface area contributed by atoms with Gasteiger partial charge in [0.15, 0.2) is 5.96 Å². The first-order chi connectivity index (χ1) is 11.8. The molecular formula is C17H28N6O. The number of hydrogen-bond acceptors (Lipinski definition) is 4. The minimum Gasteiger partial charge on any atom is -0.467 e. The molecule has 0 aromatic carbocycles. The Balaban J connectivity index is 1.83. The molecule has 2 heterocycles. The maximum atomic E-state index is 5.34. The molecule has 0 radical (unpaired) electrons. The van der Waals surface area contributed by atoms with E-state index in [-0.39, 0.29) is 0 Å². The summed E-state index contributed by atoms with van der Waals surface area (Å²) < 4.78 is 7.40. The largest absolute Gasteiger partial charge is 0.467 e. The van der Waals surface area contributed by atoms with Crippen LogP contribution in [0.3, 0.4) is 0 Å². The number of hydrogen-bond donors (Lipinski definition) is 2. The second kappa shape index (κ2) is 10.5. The van der Waals surface area contributed by atoms with E-state index in [1.54, 1.807) is 12.6 Å². The molecule has 0 saturated heterocycles. The van der Waals surface area contributed by atoms with Gasteiger partial charge in [-0.1, -0.05) is 26.7 Å². The van der Waals surface area contributed by atoms with E-state index in [0.29, 0.717) is 6.54 Å². The van der Waals surface area contributed by atoms with Crippen molar-refractivity contribution in [2.75, 3.05) is 13.1 Å². The van der Waals surface area contributed by atoms with Gasteiger partial charge in [0.2, 0.25) is 0 Å². The Bertz CT molecular complexity index is 590. The highest BCUT2D eigenvalue weighted by Crippen LogP contribution is 2.01. The first-order valence-electron chi connectivity index (χ1n) is 8.74. The third-order valence-corrected chi connectivity index (χ3v) is 3.70. The van der Waals surface area contributed by atoms with Gasteiger partial charge in [0, 0.05) is 26.1 Å². The Morgan fingerprint density at radius 3 is 2.88 bits per heavy atom. The van der Waals surface area contributed by atoms with Crippen molar-refractivity contribution < 1.29 is 4.42 Å². The molecule has 132 valence electrons. The number of nitrogens with zero attached hydrogens (tertiary/aromatic N) is 4. The van der Waals surface area contributed by atoms with Gasteiger partial charge in [0.25, 0.3) is 0 Å². The molecule has 2 N–H and O–H groups in total. The van der Waals surface area contributed by atoms with Crippen LogP contribution in [-0.2, 0) is 19.5 Å². The topological polar surface area (TPSA) is 80.3 Å². The second-order valence-electron chi connectivity index (χ2n) is 5.60. The van der Waals surface area contributed by atoms with Crippen molar-refractivity contribution >= 4 is 5.96 Å². The SMILES string of the molecule is CCCCCNC(=NCc1ccco1)NCCn1cnnc1CC. The second-order valence-corrected chi connectivity index (χ2v) is 5.60. The Hall–Kier alpha value is -2.31. The number of aliphatic imine (C=N–C) groups is 1. The van der Waals surface area contributed by atoms with Crippen molar-refractivity contribution in [1.29, 1.82) is 0 Å². The molecule has 2 aromatic heterocycles. The van der Waals surface area contributed by atoms with Crippen LogP contribution in [0.2, 0.25) is 0 Å². The molecule has 0 aliphatic carbocycles. The van der Waals surface area contributed by atoms with E-state index in [0.717, 1.165) is 50.0 Å². The number of guanidine groups is 1. The molecular weight excluding hydrogens is 304 g/mol. The lowest BCUT2D eigenvalue weighted by molar-refractivity contribution is 0.511. The summed E-state index contributed by atoms with van der Waals surface area (Å²) >= 11 is 0. The van der Waals surface area contributed by atoms with Crippen molar-refractivity contribution in [3.63, 3.8) is 0 Å². The molecule has 0 aliphatic rings. The van der Waals surface area contributed by atoms with Crippen LogP contribution in [0.4, 0.5) is 0 Å². The fraction of sp³-hybridized carbons (Fsp3) is 0.588. The lowest BCUT2D eigenvalue weighted by Crippen LogP contribution is -2.39. The average Bonchev–Trinajstić information content (AvgIpc) is 3.27. The summed E-state index contributed by atoms with van der Waals surface area (Å²) in [5, 5.41) is 14.8. The quantitative estimate of drug-likeness (QED) is 0.397. The highest BCUT2D eigenvalue weighted by molar-refractivity contribution is 5.79. The molecule has 24 heavy (non-hydrogen) atoms. The summed E-state index contributed by atoms with van der Waals surface area (Å²) in [5.41, 5.74) is 0. The summed E-state index contributed by atoms with van der Waals surface area (Å²) in [5.74, 6) is 2.67. The van der Waals surface area contributed by atoms with Crippen LogP contribution < -0.4 is 10.6 Å². The average molecular weight is 332 g/mol. The molecule has 0 saturated carbocycles. The molecule has 7 heteroatoms. The van der Waals surface area contributed by atoms with Gasteiger partial charge in [-0.3, -0.25) is 0 Å². The molecule has 0 bridgehead atoms. The standard InChI is InChI=1S/C17H28N6O/c1-3-5-6-9-18-17(20-13-15-8-7-12-24-15)19-10-11-23-14-21-22-16(23)4-2/h7-8,12,14H,3-6,9-11,13H2,1-2H3,(H2,18,19,20). The lowest BCUT2D eigenvalue weighted by Gasteiger charge is -2.13. The molecule has 2 rings (SSSR count). The fourth-order valence-corrected chi connectivity index (χ4v) is 2.35. The van der Waals surface area contributed by atoms with Crippen LogP contribution in [-0.4, -0.2) is 33.8 Å². The number of furan rings is 1. The minimum absolute atomic E-state index is 0.531. The molecule has 0 unspecified atom stereocenters. The molecule has 0 fully saturated rings. The number of rotatable bonds is 10. The molecule has 0 atom stereocenters. The van der Waals surface area contributed by atoms with Gasteiger partial charge >= 0.3 is 0 Å². The summed E-state index contributed by atoms with van der Waals surface area (Å²) in [6.07, 6.45) is 7.90. The highest BCUT2D eigenvalue weighted by atomic mass is 16.3. The van der Waals surface area contributed by atoms with E-state index in [1.165, 1.54) is 12.8 Å². The van der Waals surface area contributed by atoms with Crippen LogP contribution in [0.25, 0.3) is 0 Å². The Morgan fingerprint density at radius 2 is 2.12 bits per heavy atom. The zero-order chi connectivity index (χ0) is 17.0. The maximum Gasteiger partial charge on any atom is 0.191 e. The molecule has 0 spiro atoms. The summed E-state index contributed by atoms with van der Waals surface area (Å²) in [6, 6.07) is 3.81. The Morgan fingerprint density at radius 1 is 1.25 bits per heavy atom. The van der Waals surface area contributed by atoms with Crippen LogP contribution in [0, 0.1) is 0 Å². The van der Waals surface area contributed by atoms with E-state index in [4.69, 9.17) is 4.42 Å². The van der Waals surface area contributed by atoms with Crippen molar-refractivity contribution in [1.82, 2.24) is 25.4 Å². The highest BCUT2D eigenvalue weighted by Gasteiger charge is 2.03. The van der Waals surface area contributed by atoms with Crippen molar-refractivity contribution in [3.05, 3.63) is 36.3 Å². The summed E-state index contributed by atoms with van der Waals surface area (Å²) in [4.78, 5) is 4.59. The first-order valence-corrected chi connectivity index (χ1v) is 8.74. The number of aromatic nitrogens is 3. The minimum atomic E-state index is 0.531. The summed E-state index contributed by atoms with van der Waals surface area (Å²) in [7, 11) is 0. The van der Waals surface area contributed by atoms with Gasteiger partial charge in [0.05, 0.1) is 6.26 Å². The van der Waals surface area contributed by atoms with Gasteiger partial charge in [-0.15, -0.1) is 10.2 Å². The third kappa shape index (κ3) is 6.06. The van der Waals surface area contributed by atoms with Crippen molar-refractivity contribution in [3.8, 4) is 0 Å². The number of nitrogens with one attached hydrogen (secondary N) is 2. The van der Waals surface area contributed by atoms with Crippen LogP contribution in [0.5, 0.6) is 0 Å². The number of unbranched alkanes of at least 4 members (excludes halogenated alkanes) is 2. The Labute approximate surface area is 143 Å². The molecule has 0 amide bonds. The van der Waals surface area contributed by atoms with Crippen LogP contribution in [0.15, 0.2) is 34.1 Å². The van der Waals surface area contributed by atoms with Crippen LogP contribution in [0.1, 0.15) is 44.7 Å². The van der Waals surface area contributed by atoms with Crippen LogP contribution >= 0.6 is 0 Å². The van der Waals surface area contributed by atoms with E-state index < -0.39 is 0 Å². The van der Waals surface area contributed by atoms with Crippen molar-refractivity contribution in [2.45, 2.75) is 52.6 Å². The predicted octanol–water partition coefficient (Wildman–Crippen LogP) is 2.36. The molecule has 0 aliphatic heterocycles. The van der Waals surface area contributed by atoms with Gasteiger partial charge in [-0.25, -0.2) is 4.99 Å². The smallest absolute Gasteiger partial charge is 0.191 e. The third-order valence-electron chi connectivity index (χ3n) is 3.70. The zero-order valence-electron chi connectivity index (χ0n) is 14.7. The first kappa shape index (κ1) is 18.0. The lowest BCUT2D eigenvalue weighted by atomic mass is 10.2. The zero-order valence-corrected chi connectivity index (χ0v) is 14.7. The maximum absolute atomic E-state index is 5.34. The predicted molar refractivity (Wildman–Crippen MR) is 94.8 cm³/mol. The van der Waals surface area contributed by atoms with Gasteiger partial charge in [-0.05, 0) is 18.6 Å². The molecule has 7 nitrogen and oxygen atoms in total. The monoisotopic (exact) mass is 332 g/mol. The van der Waals surface area contributed by atoms with E-state index >= 15 is 0 Å². The van der Waals surface area contributed by atoms with Gasteiger partial charge in [0.1, 0.15) is 24.5 Å². The van der Waals surface area contributed by atoms with Gasteiger partial charge in [-0.2, -0.15) is 0 Å².